The van der Waals surface area contributed by atoms with Crippen LogP contribution in [0.1, 0.15) is 5.56 Å². The van der Waals surface area contributed by atoms with Crippen LogP contribution in [-0.2, 0) is 0 Å². The molecule has 0 bridgehead atoms. The van der Waals surface area contributed by atoms with Crippen molar-refractivity contribution in [1.29, 1.82) is 0 Å². The van der Waals surface area contributed by atoms with Crippen molar-refractivity contribution in [2.45, 2.75) is 6.92 Å². The molecule has 0 spiro atoms. The van der Waals surface area contributed by atoms with E-state index in [1.54, 1.807) is 12.1 Å². The Labute approximate surface area is 118 Å². The summed E-state index contributed by atoms with van der Waals surface area (Å²) in [5.74, 6) is 0. The second-order valence-electron chi connectivity index (χ2n) is 4.32. The molecule has 3 aromatic rings. The van der Waals surface area contributed by atoms with Gasteiger partial charge in [0.2, 0.25) is 0 Å². The lowest BCUT2D eigenvalue weighted by Crippen LogP contribution is -1.95. The lowest BCUT2D eigenvalue weighted by atomic mass is 10.3. The van der Waals surface area contributed by atoms with Crippen LogP contribution in [0.25, 0.3) is 16.7 Å². The number of fused-ring (bicyclic) bond motifs is 1. The molecule has 0 aliphatic rings. The first-order valence-corrected chi connectivity index (χ1v) is 6.18. The summed E-state index contributed by atoms with van der Waals surface area (Å²) < 4.78 is 1.84. The van der Waals surface area contributed by atoms with Crippen LogP contribution < -0.4 is 0 Å². The molecular formula is C13H9ClN4O2. The molecule has 0 radical (unpaired) electrons. The van der Waals surface area contributed by atoms with Crippen molar-refractivity contribution < 1.29 is 4.92 Å². The Morgan fingerprint density at radius 3 is 2.60 bits per heavy atom. The lowest BCUT2D eigenvalue weighted by molar-refractivity contribution is -0.384. The molecule has 1 aromatic carbocycles. The Balaban J connectivity index is 2.20. The van der Waals surface area contributed by atoms with E-state index in [0.717, 1.165) is 16.6 Å². The number of rotatable bonds is 2. The van der Waals surface area contributed by atoms with Gasteiger partial charge < -0.3 is 4.57 Å². The van der Waals surface area contributed by atoms with E-state index in [2.05, 4.69) is 9.97 Å². The molecule has 6 nitrogen and oxygen atoms in total. The lowest BCUT2D eigenvalue weighted by Gasteiger charge is -2.04. The Kier molecular flexibility index (Phi) is 2.87. The molecule has 7 heteroatoms. The fourth-order valence-corrected chi connectivity index (χ4v) is 2.41. The predicted octanol–water partition coefficient (Wildman–Crippen LogP) is 3.29. The van der Waals surface area contributed by atoms with Crippen LogP contribution in [0.4, 0.5) is 5.69 Å². The molecule has 0 aliphatic carbocycles. The van der Waals surface area contributed by atoms with Crippen LogP contribution in [0.15, 0.2) is 36.8 Å². The number of nitro benzene ring substituents is 1. The number of benzene rings is 1. The summed E-state index contributed by atoms with van der Waals surface area (Å²) in [5.41, 5.74) is 2.46. The average molecular weight is 289 g/mol. The van der Waals surface area contributed by atoms with Gasteiger partial charge in [-0.25, -0.2) is 9.97 Å². The van der Waals surface area contributed by atoms with E-state index in [-0.39, 0.29) is 5.69 Å². The van der Waals surface area contributed by atoms with Gasteiger partial charge in [0.1, 0.15) is 17.1 Å². The molecule has 0 unspecified atom stereocenters. The van der Waals surface area contributed by atoms with Crippen LogP contribution >= 0.6 is 11.6 Å². The highest BCUT2D eigenvalue weighted by Crippen LogP contribution is 2.27. The summed E-state index contributed by atoms with van der Waals surface area (Å²) >= 11 is 6.08. The monoisotopic (exact) mass is 288 g/mol. The number of aromatic nitrogens is 3. The third-order valence-corrected chi connectivity index (χ3v) is 3.35. The number of non-ortho nitro benzene ring substituents is 1. The van der Waals surface area contributed by atoms with Gasteiger partial charge in [0, 0.05) is 24.0 Å². The summed E-state index contributed by atoms with van der Waals surface area (Å²) in [7, 11) is 0. The normalized spacial score (nSPS) is 10.9. The SMILES string of the molecule is Cc1cn(-c2ccc([N+](=O)[O-])cc2)c2ncnc(Cl)c12. The Bertz CT molecular complexity index is 811. The largest absolute Gasteiger partial charge is 0.301 e. The van der Waals surface area contributed by atoms with Crippen molar-refractivity contribution in [3.63, 3.8) is 0 Å². The molecular weight excluding hydrogens is 280 g/mol. The topological polar surface area (TPSA) is 73.8 Å². The fraction of sp³-hybridized carbons (Fsp3) is 0.0769. The maximum Gasteiger partial charge on any atom is 0.269 e. The molecule has 0 amide bonds. The Morgan fingerprint density at radius 1 is 1.25 bits per heavy atom. The maximum atomic E-state index is 10.7. The van der Waals surface area contributed by atoms with Gasteiger partial charge in [0.15, 0.2) is 0 Å². The minimum Gasteiger partial charge on any atom is -0.301 e. The van der Waals surface area contributed by atoms with E-state index in [0.29, 0.717) is 10.8 Å². The fourth-order valence-electron chi connectivity index (χ4n) is 2.13. The minimum absolute atomic E-state index is 0.0505. The first-order valence-electron chi connectivity index (χ1n) is 5.81. The summed E-state index contributed by atoms with van der Waals surface area (Å²) in [5, 5.41) is 11.9. The molecule has 0 N–H and O–H groups in total. The molecule has 0 atom stereocenters. The molecule has 2 heterocycles. The van der Waals surface area contributed by atoms with Crippen LogP contribution in [0, 0.1) is 17.0 Å². The van der Waals surface area contributed by atoms with Gasteiger partial charge in [0.05, 0.1) is 10.3 Å². The molecule has 100 valence electrons. The maximum absolute atomic E-state index is 10.7. The number of aryl methyl sites for hydroxylation is 1. The zero-order valence-electron chi connectivity index (χ0n) is 10.4. The first-order chi connectivity index (χ1) is 9.58. The molecule has 0 saturated heterocycles. The summed E-state index contributed by atoms with van der Waals surface area (Å²) in [6.07, 6.45) is 3.28. The highest BCUT2D eigenvalue weighted by atomic mass is 35.5. The predicted molar refractivity (Wildman–Crippen MR) is 75.3 cm³/mol. The standard InChI is InChI=1S/C13H9ClN4O2/c1-8-6-17(13-11(8)12(14)15-7-16-13)9-2-4-10(5-3-9)18(19)20/h2-7H,1H3. The van der Waals surface area contributed by atoms with Crippen LogP contribution in [0.5, 0.6) is 0 Å². The van der Waals surface area contributed by atoms with Crippen molar-refractivity contribution in [3.05, 3.63) is 57.6 Å². The Hall–Kier alpha value is -2.47. The van der Waals surface area contributed by atoms with Crippen molar-refractivity contribution in [2.24, 2.45) is 0 Å². The first kappa shape index (κ1) is 12.6. The quantitative estimate of drug-likeness (QED) is 0.412. The Morgan fingerprint density at radius 2 is 1.95 bits per heavy atom. The number of nitro groups is 1. The van der Waals surface area contributed by atoms with Crippen LogP contribution in [0.3, 0.4) is 0 Å². The number of hydrogen-bond donors (Lipinski definition) is 0. The highest BCUT2D eigenvalue weighted by molar-refractivity contribution is 6.34. The van der Waals surface area contributed by atoms with Crippen molar-refractivity contribution in [2.75, 3.05) is 0 Å². The van der Waals surface area contributed by atoms with E-state index >= 15 is 0 Å². The van der Waals surface area contributed by atoms with E-state index in [1.165, 1.54) is 18.5 Å². The van der Waals surface area contributed by atoms with Crippen molar-refractivity contribution in [3.8, 4) is 5.69 Å². The summed E-state index contributed by atoms with van der Waals surface area (Å²) in [6.45, 7) is 1.92. The minimum atomic E-state index is -0.429. The molecule has 0 saturated carbocycles. The van der Waals surface area contributed by atoms with Gasteiger partial charge >= 0.3 is 0 Å². The summed E-state index contributed by atoms with van der Waals surface area (Å²) in [4.78, 5) is 18.4. The van der Waals surface area contributed by atoms with E-state index in [4.69, 9.17) is 11.6 Å². The second-order valence-corrected chi connectivity index (χ2v) is 4.68. The highest BCUT2D eigenvalue weighted by Gasteiger charge is 2.13. The van der Waals surface area contributed by atoms with E-state index in [1.807, 2.05) is 17.7 Å². The molecule has 2 aromatic heterocycles. The third kappa shape index (κ3) is 1.90. The number of halogens is 1. The average Bonchev–Trinajstić information content (AvgIpc) is 2.77. The number of nitrogens with zero attached hydrogens (tertiary/aromatic N) is 4. The summed E-state index contributed by atoms with van der Waals surface area (Å²) in [6, 6.07) is 6.26. The zero-order chi connectivity index (χ0) is 14.3. The number of hydrogen-bond acceptors (Lipinski definition) is 4. The van der Waals surface area contributed by atoms with Gasteiger partial charge in [-0.3, -0.25) is 10.1 Å². The zero-order valence-corrected chi connectivity index (χ0v) is 11.2. The van der Waals surface area contributed by atoms with Gasteiger partial charge in [-0.05, 0) is 24.6 Å². The molecule has 0 aliphatic heterocycles. The van der Waals surface area contributed by atoms with Crippen LogP contribution in [0.2, 0.25) is 5.15 Å². The van der Waals surface area contributed by atoms with Crippen molar-refractivity contribution >= 4 is 28.3 Å². The smallest absolute Gasteiger partial charge is 0.269 e. The molecule has 3 rings (SSSR count). The van der Waals surface area contributed by atoms with Gasteiger partial charge in [0.25, 0.3) is 5.69 Å². The van der Waals surface area contributed by atoms with Crippen LogP contribution in [-0.4, -0.2) is 19.5 Å². The van der Waals surface area contributed by atoms with E-state index < -0.39 is 4.92 Å². The second kappa shape index (κ2) is 4.57. The van der Waals surface area contributed by atoms with Crippen molar-refractivity contribution in [1.82, 2.24) is 14.5 Å². The van der Waals surface area contributed by atoms with Gasteiger partial charge in [-0.1, -0.05) is 11.6 Å². The van der Waals surface area contributed by atoms with Gasteiger partial charge in [-0.15, -0.1) is 0 Å². The van der Waals surface area contributed by atoms with Gasteiger partial charge in [-0.2, -0.15) is 0 Å². The third-order valence-electron chi connectivity index (χ3n) is 3.06. The van der Waals surface area contributed by atoms with E-state index in [9.17, 15) is 10.1 Å². The molecule has 0 fully saturated rings. The molecule has 20 heavy (non-hydrogen) atoms.